The highest BCUT2D eigenvalue weighted by Crippen LogP contribution is 2.52. The van der Waals surface area contributed by atoms with E-state index in [0.29, 0.717) is 23.5 Å². The number of hydrogen-bond acceptors (Lipinski definition) is 8. The van der Waals surface area contributed by atoms with Crippen molar-refractivity contribution in [2.75, 3.05) is 5.75 Å². The normalized spacial score (nSPS) is 18.2. The molecular formula is C41H42N4O6S. The number of nitrogens with one attached hydrogen (secondary N) is 2. The number of phenolic OH excluding ortho intramolecular Hbond substituents is 3. The summed E-state index contributed by atoms with van der Waals surface area (Å²) in [6.07, 6.45) is 9.69. The van der Waals surface area contributed by atoms with Gasteiger partial charge in [0.15, 0.2) is 0 Å². The zero-order valence-electron chi connectivity index (χ0n) is 29.2. The van der Waals surface area contributed by atoms with Crippen LogP contribution in [0.5, 0.6) is 17.2 Å². The lowest BCUT2D eigenvalue weighted by Crippen LogP contribution is -2.30. The molecule has 0 radical (unpaired) electrons. The zero-order valence-corrected chi connectivity index (χ0v) is 30.0. The number of fused-ring (bicyclic) bond motifs is 2. The van der Waals surface area contributed by atoms with Gasteiger partial charge >= 0.3 is 0 Å². The number of nitrogens with zero attached hydrogens (tertiary/aromatic N) is 2. The molecule has 0 aliphatic heterocycles. The van der Waals surface area contributed by atoms with Crippen molar-refractivity contribution in [1.29, 1.82) is 0 Å². The summed E-state index contributed by atoms with van der Waals surface area (Å²) >= 11 is 0. The molecule has 1 amide bonds. The molecule has 0 aromatic heterocycles. The molecule has 1 aliphatic carbocycles. The van der Waals surface area contributed by atoms with Crippen LogP contribution in [0, 0.1) is 35.5 Å². The molecule has 5 N–H and O–H groups in total. The van der Waals surface area contributed by atoms with Gasteiger partial charge in [-0.2, -0.15) is 10.2 Å². The molecule has 1 aliphatic rings. The number of aromatic hydroxyl groups is 3. The van der Waals surface area contributed by atoms with E-state index < -0.39 is 15.9 Å². The maximum atomic E-state index is 12.6. The Morgan fingerprint density at radius 1 is 0.865 bits per heavy atom. The number of carbonyl (C=O) groups is 1. The molecule has 11 heteroatoms. The van der Waals surface area contributed by atoms with Gasteiger partial charge in [0, 0.05) is 17.5 Å². The first kappa shape index (κ1) is 37.4. The number of sulfonamides is 1. The summed E-state index contributed by atoms with van der Waals surface area (Å²) in [5, 5.41) is 41.1. The Hall–Kier alpha value is -5.86. The molecular weight excluding hydrogens is 677 g/mol. The van der Waals surface area contributed by atoms with Crippen LogP contribution in [0.15, 0.2) is 107 Å². The van der Waals surface area contributed by atoms with Crippen LogP contribution < -0.4 is 10.3 Å². The molecule has 1 fully saturated rings. The van der Waals surface area contributed by atoms with Gasteiger partial charge in [-0.05, 0) is 81.5 Å². The fourth-order valence-corrected chi connectivity index (χ4v) is 7.98. The van der Waals surface area contributed by atoms with Crippen LogP contribution in [0.3, 0.4) is 0 Å². The van der Waals surface area contributed by atoms with Gasteiger partial charge < -0.3 is 15.3 Å². The molecule has 10 nitrogen and oxygen atoms in total. The summed E-state index contributed by atoms with van der Waals surface area (Å²) in [7, 11) is -3.60. The second-order valence-electron chi connectivity index (χ2n) is 13.5. The quantitative estimate of drug-likeness (QED) is 0.0619. The van der Waals surface area contributed by atoms with E-state index in [2.05, 4.69) is 47.2 Å². The average Bonchev–Trinajstić information content (AvgIpc) is 3.32. The summed E-state index contributed by atoms with van der Waals surface area (Å²) in [6, 6.07) is 28.2. The van der Waals surface area contributed by atoms with Crippen molar-refractivity contribution >= 4 is 49.9 Å². The van der Waals surface area contributed by atoms with Crippen LogP contribution in [-0.4, -0.2) is 47.8 Å². The van der Waals surface area contributed by atoms with Crippen molar-refractivity contribution in [2.24, 2.45) is 33.4 Å². The first-order chi connectivity index (χ1) is 24.8. The summed E-state index contributed by atoms with van der Waals surface area (Å²) in [5.41, 5.74) is 3.43. The zero-order chi connectivity index (χ0) is 37.5. The summed E-state index contributed by atoms with van der Waals surface area (Å²) < 4.78 is 25.2. The number of para-hydroxylation sites is 1. The van der Waals surface area contributed by atoms with Crippen LogP contribution in [0.4, 0.5) is 0 Å². The average molecular weight is 719 g/mol. The van der Waals surface area contributed by atoms with E-state index in [9.17, 15) is 28.5 Å². The highest BCUT2D eigenvalue weighted by molar-refractivity contribution is 7.89. The van der Waals surface area contributed by atoms with Crippen molar-refractivity contribution in [3.8, 4) is 29.6 Å². The van der Waals surface area contributed by atoms with E-state index in [4.69, 9.17) is 6.42 Å². The Labute approximate surface area is 304 Å². The highest BCUT2D eigenvalue weighted by atomic mass is 32.2. The fraction of sp³-hybridized carbons (Fsp3) is 0.244. The van der Waals surface area contributed by atoms with Crippen molar-refractivity contribution in [2.45, 2.75) is 33.6 Å². The Balaban J connectivity index is 0.000000206. The molecule has 268 valence electrons. The third kappa shape index (κ3) is 8.71. The van der Waals surface area contributed by atoms with E-state index in [1.54, 1.807) is 30.3 Å². The van der Waals surface area contributed by atoms with Gasteiger partial charge in [0.05, 0.1) is 23.7 Å². The highest BCUT2D eigenvalue weighted by Gasteiger charge is 2.47. The minimum Gasteiger partial charge on any atom is -0.507 e. The Kier molecular flexibility index (Phi) is 11.5. The molecule has 0 spiro atoms. The Morgan fingerprint density at radius 3 is 2.23 bits per heavy atom. The largest absolute Gasteiger partial charge is 0.507 e. The van der Waals surface area contributed by atoms with Gasteiger partial charge in [0.25, 0.3) is 5.91 Å². The molecule has 0 bridgehead atoms. The van der Waals surface area contributed by atoms with Crippen molar-refractivity contribution in [3.05, 3.63) is 114 Å². The van der Waals surface area contributed by atoms with Gasteiger partial charge in [0.2, 0.25) is 10.0 Å². The summed E-state index contributed by atoms with van der Waals surface area (Å²) in [4.78, 5) is 14.2. The van der Waals surface area contributed by atoms with Crippen LogP contribution in [0.25, 0.3) is 21.5 Å². The number of phenols is 3. The van der Waals surface area contributed by atoms with Crippen molar-refractivity contribution in [3.63, 3.8) is 0 Å². The van der Waals surface area contributed by atoms with Crippen LogP contribution >= 0.6 is 0 Å². The molecule has 3 unspecified atom stereocenters. The molecule has 5 aromatic carbocycles. The lowest BCUT2D eigenvalue weighted by atomic mass is 9.74. The van der Waals surface area contributed by atoms with E-state index in [-0.39, 0.29) is 45.8 Å². The summed E-state index contributed by atoms with van der Waals surface area (Å²) in [5.74, 6) is 2.81. The number of hydrogen-bond donors (Lipinski definition) is 5. The number of benzene rings is 5. The second-order valence-corrected chi connectivity index (χ2v) is 15.3. The van der Waals surface area contributed by atoms with Gasteiger partial charge in [-0.25, -0.2) is 18.7 Å². The standard InChI is InChI=1S/C23H28N2O3S.C18H14N2O3/c1-5-8-19-13-18(16(2)23(19,3)4)15-29(27,28)25-24-14-21-20-10-7-6-9-17(20)11-12-22(21)26;21-16-8-4-3-7-15(16)18(23)20-19-11-14-9-12-5-1-2-6-13(12)10-17(14)22/h1,6-7,9-12,14,16,18-19,25-26H,8,13,15H2,2-4H3;1-11,21-22H,(H,20,23)/b24-14+;19-11+. The van der Waals surface area contributed by atoms with E-state index in [1.165, 1.54) is 24.6 Å². The molecule has 6 rings (SSSR count). The van der Waals surface area contributed by atoms with Gasteiger partial charge in [-0.1, -0.05) is 87.5 Å². The first-order valence-corrected chi connectivity index (χ1v) is 18.5. The lowest BCUT2D eigenvalue weighted by molar-refractivity contribution is 0.0952. The van der Waals surface area contributed by atoms with E-state index >= 15 is 0 Å². The van der Waals surface area contributed by atoms with Crippen molar-refractivity contribution < 1.29 is 28.5 Å². The van der Waals surface area contributed by atoms with Gasteiger partial charge in [0.1, 0.15) is 17.2 Å². The third-order valence-corrected chi connectivity index (χ3v) is 11.3. The van der Waals surface area contributed by atoms with E-state index in [0.717, 1.165) is 28.0 Å². The number of carbonyl (C=O) groups excluding carboxylic acids is 1. The maximum Gasteiger partial charge on any atom is 0.275 e. The molecule has 0 heterocycles. The van der Waals surface area contributed by atoms with Crippen LogP contribution in [0.1, 0.15) is 55.1 Å². The third-order valence-electron chi connectivity index (χ3n) is 10.1. The minimum absolute atomic E-state index is 0.00453. The van der Waals surface area contributed by atoms with Gasteiger partial charge in [-0.15, -0.1) is 12.3 Å². The first-order valence-electron chi connectivity index (χ1n) is 16.8. The summed E-state index contributed by atoms with van der Waals surface area (Å²) in [6.45, 7) is 6.44. The Morgan fingerprint density at radius 2 is 1.52 bits per heavy atom. The number of hydrazone groups is 2. The number of terminal acetylenes is 1. The maximum absolute atomic E-state index is 12.6. The molecule has 1 saturated carbocycles. The van der Waals surface area contributed by atoms with E-state index in [1.807, 2.05) is 54.6 Å². The lowest BCUT2D eigenvalue weighted by Gasteiger charge is -2.31. The van der Waals surface area contributed by atoms with Crippen LogP contribution in [0.2, 0.25) is 0 Å². The predicted octanol–water partition coefficient (Wildman–Crippen LogP) is 7.14. The second kappa shape index (κ2) is 16.0. The fourth-order valence-electron chi connectivity index (χ4n) is 6.70. The monoisotopic (exact) mass is 718 g/mol. The smallest absolute Gasteiger partial charge is 0.275 e. The molecule has 5 aromatic rings. The van der Waals surface area contributed by atoms with Gasteiger partial charge in [-0.3, -0.25) is 4.79 Å². The topological polar surface area (TPSA) is 161 Å². The predicted molar refractivity (Wildman–Crippen MR) is 207 cm³/mol. The number of amides is 1. The molecule has 3 atom stereocenters. The Bertz CT molecular complexity index is 2290. The minimum atomic E-state index is -3.60. The van der Waals surface area contributed by atoms with Crippen molar-refractivity contribution in [1.82, 2.24) is 10.3 Å². The van der Waals surface area contributed by atoms with Crippen LogP contribution in [-0.2, 0) is 10.0 Å². The molecule has 0 saturated heterocycles. The molecule has 52 heavy (non-hydrogen) atoms. The number of rotatable bonds is 9. The SMILES string of the molecule is C#CCC1CC(CS(=O)(=O)N/N=C/c2c(O)ccc3ccccc23)C(C)C1(C)C.O=C(N/N=C/c1cc2ccccc2cc1O)c1ccccc1O.